The number of amides is 4. The number of benzene rings is 1. The lowest BCUT2D eigenvalue weighted by Crippen LogP contribution is -2.52. The number of rotatable bonds is 4. The van der Waals surface area contributed by atoms with Crippen LogP contribution in [0, 0.1) is 11.8 Å². The molecule has 3 aliphatic rings. The molecule has 1 atom stereocenters. The maximum Gasteiger partial charge on any atom is 0.322 e. The molecule has 4 amide bonds. The Morgan fingerprint density at radius 1 is 1.09 bits per heavy atom. The average molecular weight is 471 g/mol. The Kier molecular flexibility index (Phi) is 6.28. The molecule has 9 nitrogen and oxygen atoms in total. The summed E-state index contributed by atoms with van der Waals surface area (Å²) in [7, 11) is -3.77. The first-order valence-corrected chi connectivity index (χ1v) is 12.5. The summed E-state index contributed by atoms with van der Waals surface area (Å²) in [5, 5.41) is 4.46. The lowest BCUT2D eigenvalue weighted by atomic mass is 10.1. The van der Waals surface area contributed by atoms with Crippen LogP contribution in [0.4, 0.5) is 10.5 Å². The van der Waals surface area contributed by atoms with Crippen molar-refractivity contribution in [3.63, 3.8) is 0 Å². The second-order valence-electron chi connectivity index (χ2n) is 8.64. The van der Waals surface area contributed by atoms with Gasteiger partial charge in [0.2, 0.25) is 15.9 Å². The predicted molar refractivity (Wildman–Crippen MR) is 123 cm³/mol. The van der Waals surface area contributed by atoms with E-state index < -0.39 is 33.3 Å². The second kappa shape index (κ2) is 9.00. The van der Waals surface area contributed by atoms with E-state index in [2.05, 4.69) is 22.5 Å². The highest BCUT2D eigenvalue weighted by atomic mass is 32.2. The highest BCUT2D eigenvalue weighted by molar-refractivity contribution is 7.89. The van der Waals surface area contributed by atoms with E-state index in [0.29, 0.717) is 12.8 Å². The molecule has 10 heteroatoms. The lowest BCUT2D eigenvalue weighted by molar-refractivity contribution is -0.122. The molecule has 174 valence electrons. The van der Waals surface area contributed by atoms with Gasteiger partial charge in [0.05, 0.1) is 5.75 Å². The van der Waals surface area contributed by atoms with Crippen LogP contribution < -0.4 is 15.5 Å². The van der Waals surface area contributed by atoms with Gasteiger partial charge in [-0.1, -0.05) is 24.0 Å². The normalized spacial score (nSPS) is 24.0. The molecular formula is C23H26N4O5S. The number of imide groups is 1. The van der Waals surface area contributed by atoms with Crippen LogP contribution >= 0.6 is 0 Å². The molecule has 3 aliphatic heterocycles. The van der Waals surface area contributed by atoms with Crippen LogP contribution in [0.2, 0.25) is 0 Å². The Hall–Kier alpha value is -3.16. The highest BCUT2D eigenvalue weighted by Crippen LogP contribution is 2.22. The van der Waals surface area contributed by atoms with Gasteiger partial charge in [0.25, 0.3) is 5.91 Å². The van der Waals surface area contributed by atoms with Gasteiger partial charge in [-0.3, -0.25) is 14.9 Å². The van der Waals surface area contributed by atoms with Crippen molar-refractivity contribution in [1.82, 2.24) is 14.9 Å². The molecule has 3 heterocycles. The van der Waals surface area contributed by atoms with Crippen molar-refractivity contribution in [2.75, 3.05) is 30.3 Å². The van der Waals surface area contributed by atoms with E-state index >= 15 is 0 Å². The molecule has 0 unspecified atom stereocenters. The minimum atomic E-state index is -3.77. The molecule has 0 bridgehead atoms. The Bertz CT molecular complexity index is 1200. The molecule has 33 heavy (non-hydrogen) atoms. The van der Waals surface area contributed by atoms with Gasteiger partial charge in [-0.25, -0.2) is 13.2 Å². The van der Waals surface area contributed by atoms with E-state index in [9.17, 15) is 22.8 Å². The number of hydrogen-bond donors (Lipinski definition) is 2. The van der Waals surface area contributed by atoms with E-state index in [4.69, 9.17) is 0 Å². The van der Waals surface area contributed by atoms with Crippen LogP contribution in [-0.4, -0.2) is 61.5 Å². The zero-order valence-electron chi connectivity index (χ0n) is 18.4. The van der Waals surface area contributed by atoms with Gasteiger partial charge in [-0.2, -0.15) is 4.31 Å². The Balaban J connectivity index is 1.41. The SMILES string of the molecule is C[C@]1(CS(=O)(=O)N2CC=C(C#Cc3cccc(N4CCCCC4=O)c3)CC2)NC(=O)NC1=O. The maximum absolute atomic E-state index is 12.8. The number of hydrogen-bond acceptors (Lipinski definition) is 5. The van der Waals surface area contributed by atoms with E-state index in [1.54, 1.807) is 11.0 Å². The summed E-state index contributed by atoms with van der Waals surface area (Å²) in [6.45, 7) is 2.51. The number of nitrogens with zero attached hydrogens (tertiary/aromatic N) is 2. The van der Waals surface area contributed by atoms with Gasteiger partial charge in [0, 0.05) is 42.9 Å². The monoisotopic (exact) mass is 470 g/mol. The van der Waals surface area contributed by atoms with E-state index in [1.807, 2.05) is 24.3 Å². The van der Waals surface area contributed by atoms with Crippen LogP contribution in [-0.2, 0) is 19.6 Å². The Morgan fingerprint density at radius 2 is 1.91 bits per heavy atom. The molecule has 2 N–H and O–H groups in total. The maximum atomic E-state index is 12.8. The summed E-state index contributed by atoms with van der Waals surface area (Å²) in [4.78, 5) is 37.3. The Labute approximate surface area is 193 Å². The third kappa shape index (κ3) is 5.10. The van der Waals surface area contributed by atoms with Crippen molar-refractivity contribution in [3.05, 3.63) is 41.5 Å². The zero-order chi connectivity index (χ0) is 23.6. The molecule has 0 aliphatic carbocycles. The summed E-state index contributed by atoms with van der Waals surface area (Å²) in [6.07, 6.45) is 4.70. The molecular weight excluding hydrogens is 444 g/mol. The fourth-order valence-corrected chi connectivity index (χ4v) is 5.92. The summed E-state index contributed by atoms with van der Waals surface area (Å²) in [5.74, 6) is 5.20. The molecule has 0 saturated carbocycles. The van der Waals surface area contributed by atoms with E-state index in [1.165, 1.54) is 11.2 Å². The van der Waals surface area contributed by atoms with Crippen LogP contribution in [0.5, 0.6) is 0 Å². The van der Waals surface area contributed by atoms with Crippen molar-refractivity contribution in [1.29, 1.82) is 0 Å². The number of urea groups is 1. The van der Waals surface area contributed by atoms with Crippen molar-refractivity contribution in [3.8, 4) is 11.8 Å². The average Bonchev–Trinajstić information content (AvgIpc) is 3.03. The predicted octanol–water partition coefficient (Wildman–Crippen LogP) is 1.11. The number of piperidine rings is 1. The molecule has 4 rings (SSSR count). The van der Waals surface area contributed by atoms with Gasteiger partial charge < -0.3 is 10.2 Å². The molecule has 0 spiro atoms. The van der Waals surface area contributed by atoms with Gasteiger partial charge in [0.15, 0.2) is 0 Å². The van der Waals surface area contributed by atoms with Crippen LogP contribution in [0.25, 0.3) is 0 Å². The lowest BCUT2D eigenvalue weighted by Gasteiger charge is -2.28. The van der Waals surface area contributed by atoms with Crippen molar-refractivity contribution in [2.45, 2.75) is 38.1 Å². The topological polar surface area (TPSA) is 116 Å². The fraction of sp³-hybridized carbons (Fsp3) is 0.435. The number of carbonyl (C=O) groups excluding carboxylic acids is 3. The number of anilines is 1. The van der Waals surface area contributed by atoms with Crippen molar-refractivity contribution < 1.29 is 22.8 Å². The smallest absolute Gasteiger partial charge is 0.322 e. The summed E-state index contributed by atoms with van der Waals surface area (Å²) in [5.41, 5.74) is 0.982. The minimum absolute atomic E-state index is 0.131. The fourth-order valence-electron chi connectivity index (χ4n) is 4.14. The van der Waals surface area contributed by atoms with Gasteiger partial charge >= 0.3 is 6.03 Å². The van der Waals surface area contributed by atoms with Crippen molar-refractivity contribution in [2.24, 2.45) is 0 Å². The largest absolute Gasteiger partial charge is 0.322 e. The third-order valence-corrected chi connectivity index (χ3v) is 8.06. The quantitative estimate of drug-likeness (QED) is 0.505. The second-order valence-corrected chi connectivity index (χ2v) is 10.6. The third-order valence-electron chi connectivity index (χ3n) is 6.00. The zero-order valence-corrected chi connectivity index (χ0v) is 19.2. The van der Waals surface area contributed by atoms with Gasteiger partial charge in [-0.05, 0) is 44.4 Å². The molecule has 1 aromatic carbocycles. The van der Waals surface area contributed by atoms with E-state index in [-0.39, 0.29) is 19.0 Å². The minimum Gasteiger partial charge on any atom is -0.322 e. The molecule has 2 fully saturated rings. The first kappa shape index (κ1) is 23.0. The summed E-state index contributed by atoms with van der Waals surface area (Å²) < 4.78 is 26.9. The van der Waals surface area contributed by atoms with Gasteiger partial charge in [-0.15, -0.1) is 0 Å². The van der Waals surface area contributed by atoms with Crippen LogP contribution in [0.1, 0.15) is 38.2 Å². The van der Waals surface area contributed by atoms with Crippen molar-refractivity contribution >= 4 is 33.6 Å². The number of nitrogens with one attached hydrogen (secondary N) is 2. The first-order chi connectivity index (χ1) is 15.7. The molecule has 2 saturated heterocycles. The first-order valence-electron chi connectivity index (χ1n) is 10.9. The molecule has 0 radical (unpaired) electrons. The Morgan fingerprint density at radius 3 is 2.58 bits per heavy atom. The van der Waals surface area contributed by atoms with Crippen LogP contribution in [0.3, 0.4) is 0 Å². The van der Waals surface area contributed by atoms with Crippen LogP contribution in [0.15, 0.2) is 35.9 Å². The number of carbonyl (C=O) groups is 3. The molecule has 1 aromatic rings. The highest BCUT2D eigenvalue weighted by Gasteiger charge is 2.46. The summed E-state index contributed by atoms with van der Waals surface area (Å²) in [6, 6.07) is 6.88. The standard InChI is InChI=1S/C23H26N4O5S/c1-23(21(29)24-22(30)25-23)16-33(31,32)26-13-10-17(11-14-26)8-9-18-5-4-6-19(15-18)27-12-3-2-7-20(27)28/h4-6,10,15H,2-3,7,11-14,16H2,1H3,(H2,24,25,29,30)/t23-/m1/s1. The van der Waals surface area contributed by atoms with E-state index in [0.717, 1.165) is 36.2 Å². The number of sulfonamides is 1. The summed E-state index contributed by atoms with van der Waals surface area (Å²) >= 11 is 0. The molecule has 0 aromatic heterocycles. The van der Waals surface area contributed by atoms with Gasteiger partial charge in [0.1, 0.15) is 5.54 Å².